The topological polar surface area (TPSA) is 125 Å². The Morgan fingerprint density at radius 2 is 1.73 bits per heavy atom. The summed E-state index contributed by atoms with van der Waals surface area (Å²) in [5.74, 6) is -1.57. The molecule has 9 heteroatoms. The second kappa shape index (κ2) is 12.7. The van der Waals surface area contributed by atoms with Crippen LogP contribution in [0.5, 0.6) is 11.5 Å². The number of carbonyl (C=O) groups is 3. The van der Waals surface area contributed by atoms with E-state index in [2.05, 4.69) is 24.1 Å². The molecule has 30 heavy (non-hydrogen) atoms. The molecule has 3 N–H and O–H groups in total. The number of nitrogens with zero attached hydrogens (tertiary/aromatic N) is 1. The molecule has 1 saturated heterocycles. The Kier molecular flexibility index (Phi) is 10.7. The summed E-state index contributed by atoms with van der Waals surface area (Å²) in [7, 11) is 3.36. The number of hydrogen-bond donors (Lipinski definition) is 3. The minimum atomic E-state index is -1.82. The van der Waals surface area contributed by atoms with Gasteiger partial charge >= 0.3 is 11.9 Å². The number of rotatable bonds is 7. The van der Waals surface area contributed by atoms with Crippen molar-refractivity contribution in [1.82, 2.24) is 10.2 Å². The van der Waals surface area contributed by atoms with Crippen molar-refractivity contribution < 1.29 is 34.1 Å². The zero-order chi connectivity index (χ0) is 22.7. The van der Waals surface area contributed by atoms with E-state index in [-0.39, 0.29) is 17.9 Å². The summed E-state index contributed by atoms with van der Waals surface area (Å²) in [6.45, 7) is 6.83. The molecular weight excluding hydrogens is 392 g/mol. The molecule has 1 heterocycles. The highest BCUT2D eigenvalue weighted by atomic mass is 16.5. The zero-order valence-corrected chi connectivity index (χ0v) is 18.0. The molecule has 9 nitrogen and oxygen atoms in total. The predicted octanol–water partition coefficient (Wildman–Crippen LogP) is 1.99. The summed E-state index contributed by atoms with van der Waals surface area (Å²) in [6.07, 6.45) is 2.79. The van der Waals surface area contributed by atoms with Gasteiger partial charge in [-0.05, 0) is 57.5 Å². The summed E-state index contributed by atoms with van der Waals surface area (Å²) >= 11 is 0. The standard InChI is InChI=1S/C19H30N2O3.C2H2O4/c1-5-14(2)20-19(22)15-8-10-21(11-9-15)13-16-12-17(23-3)6-7-18(16)24-4;3-1(4)2(5)6/h6-7,12,14-15H,5,8-11,13H2,1-4H3,(H,20,22);(H,3,4)(H,5,6). The van der Waals surface area contributed by atoms with Crippen LogP contribution in [0.25, 0.3) is 0 Å². The van der Waals surface area contributed by atoms with E-state index in [1.165, 1.54) is 0 Å². The van der Waals surface area contributed by atoms with Crippen LogP contribution in [-0.4, -0.2) is 66.3 Å². The average molecular weight is 424 g/mol. The van der Waals surface area contributed by atoms with Gasteiger partial charge in [0.25, 0.3) is 0 Å². The van der Waals surface area contributed by atoms with Crippen LogP contribution in [-0.2, 0) is 20.9 Å². The Morgan fingerprint density at radius 3 is 2.20 bits per heavy atom. The number of carbonyl (C=O) groups excluding carboxylic acids is 1. The first kappa shape index (κ1) is 25.2. The summed E-state index contributed by atoms with van der Waals surface area (Å²) < 4.78 is 10.8. The highest BCUT2D eigenvalue weighted by Crippen LogP contribution is 2.27. The van der Waals surface area contributed by atoms with E-state index in [0.717, 1.165) is 56.0 Å². The van der Waals surface area contributed by atoms with Gasteiger partial charge < -0.3 is 25.0 Å². The first-order valence-electron chi connectivity index (χ1n) is 9.91. The second-order valence-electron chi connectivity index (χ2n) is 7.16. The van der Waals surface area contributed by atoms with Gasteiger partial charge in [0.15, 0.2) is 0 Å². The van der Waals surface area contributed by atoms with Crippen LogP contribution >= 0.6 is 0 Å². The number of methoxy groups -OCH3 is 2. The summed E-state index contributed by atoms with van der Waals surface area (Å²) in [6, 6.07) is 6.14. The quantitative estimate of drug-likeness (QED) is 0.568. The highest BCUT2D eigenvalue weighted by Gasteiger charge is 2.26. The van der Waals surface area contributed by atoms with Crippen molar-refractivity contribution in [2.45, 2.75) is 45.7 Å². The maximum Gasteiger partial charge on any atom is 0.414 e. The minimum Gasteiger partial charge on any atom is -0.497 e. The molecule has 1 aromatic carbocycles. The van der Waals surface area contributed by atoms with E-state index in [9.17, 15) is 4.79 Å². The maximum absolute atomic E-state index is 12.3. The van der Waals surface area contributed by atoms with Crippen molar-refractivity contribution in [3.63, 3.8) is 0 Å². The van der Waals surface area contributed by atoms with Gasteiger partial charge in [0, 0.05) is 24.1 Å². The molecule has 1 fully saturated rings. The van der Waals surface area contributed by atoms with Crippen LogP contribution in [0.3, 0.4) is 0 Å². The van der Waals surface area contributed by atoms with E-state index in [1.807, 2.05) is 18.2 Å². The summed E-state index contributed by atoms with van der Waals surface area (Å²) in [5, 5.41) is 17.9. The SMILES string of the molecule is CCC(C)NC(=O)C1CCN(Cc2cc(OC)ccc2OC)CC1.O=C(O)C(=O)O. The molecule has 0 saturated carbocycles. The van der Waals surface area contributed by atoms with Gasteiger partial charge in [-0.2, -0.15) is 0 Å². The first-order chi connectivity index (χ1) is 14.2. The zero-order valence-electron chi connectivity index (χ0n) is 18.0. The number of hydrogen-bond acceptors (Lipinski definition) is 6. The molecule has 2 rings (SSSR count). The molecule has 1 aliphatic rings. The normalized spacial score (nSPS) is 15.3. The Hall–Kier alpha value is -2.81. The number of carboxylic acid groups (broad SMARTS) is 2. The first-order valence-corrected chi connectivity index (χ1v) is 9.91. The molecule has 1 unspecified atom stereocenters. The molecule has 1 aromatic rings. The van der Waals surface area contributed by atoms with Gasteiger partial charge in [-0.1, -0.05) is 6.92 Å². The van der Waals surface area contributed by atoms with E-state index < -0.39 is 11.9 Å². The number of ether oxygens (including phenoxy) is 2. The Bertz CT molecular complexity index is 703. The molecular formula is C21H32N2O7. The Morgan fingerprint density at radius 1 is 1.13 bits per heavy atom. The third kappa shape index (κ3) is 8.28. The fourth-order valence-corrected chi connectivity index (χ4v) is 3.06. The Balaban J connectivity index is 0.000000656. The minimum absolute atomic E-state index is 0.141. The van der Waals surface area contributed by atoms with Crippen LogP contribution in [0.15, 0.2) is 18.2 Å². The van der Waals surface area contributed by atoms with Crippen LogP contribution in [0.1, 0.15) is 38.7 Å². The summed E-state index contributed by atoms with van der Waals surface area (Å²) in [4.78, 5) is 32.8. The van der Waals surface area contributed by atoms with Crippen LogP contribution in [0, 0.1) is 5.92 Å². The van der Waals surface area contributed by atoms with Crippen molar-refractivity contribution in [3.05, 3.63) is 23.8 Å². The van der Waals surface area contributed by atoms with Gasteiger partial charge in [0.2, 0.25) is 5.91 Å². The van der Waals surface area contributed by atoms with Crippen molar-refractivity contribution in [2.75, 3.05) is 27.3 Å². The van der Waals surface area contributed by atoms with Crippen LogP contribution < -0.4 is 14.8 Å². The monoisotopic (exact) mass is 424 g/mol. The third-order valence-electron chi connectivity index (χ3n) is 5.02. The van der Waals surface area contributed by atoms with Gasteiger partial charge in [-0.25, -0.2) is 9.59 Å². The molecule has 1 atom stereocenters. The van der Waals surface area contributed by atoms with Gasteiger partial charge in [0.1, 0.15) is 11.5 Å². The van der Waals surface area contributed by atoms with E-state index in [1.54, 1.807) is 14.2 Å². The lowest BCUT2D eigenvalue weighted by atomic mass is 9.95. The highest BCUT2D eigenvalue weighted by molar-refractivity contribution is 6.27. The van der Waals surface area contributed by atoms with E-state index in [4.69, 9.17) is 29.3 Å². The molecule has 0 radical (unpaired) electrons. The number of aliphatic carboxylic acids is 2. The number of benzene rings is 1. The van der Waals surface area contributed by atoms with E-state index >= 15 is 0 Å². The van der Waals surface area contributed by atoms with Crippen molar-refractivity contribution in [2.24, 2.45) is 5.92 Å². The maximum atomic E-state index is 12.3. The van der Waals surface area contributed by atoms with Gasteiger partial charge in [-0.3, -0.25) is 9.69 Å². The average Bonchev–Trinajstić information content (AvgIpc) is 2.74. The van der Waals surface area contributed by atoms with Crippen molar-refractivity contribution >= 4 is 17.8 Å². The van der Waals surface area contributed by atoms with Gasteiger partial charge in [-0.15, -0.1) is 0 Å². The molecule has 0 aliphatic carbocycles. The fourth-order valence-electron chi connectivity index (χ4n) is 3.06. The largest absolute Gasteiger partial charge is 0.497 e. The third-order valence-corrected chi connectivity index (χ3v) is 5.02. The molecule has 0 aromatic heterocycles. The molecule has 1 aliphatic heterocycles. The number of piperidine rings is 1. The molecule has 168 valence electrons. The van der Waals surface area contributed by atoms with Crippen molar-refractivity contribution in [1.29, 1.82) is 0 Å². The van der Waals surface area contributed by atoms with E-state index in [0.29, 0.717) is 0 Å². The Labute approximate surface area is 177 Å². The van der Waals surface area contributed by atoms with Gasteiger partial charge in [0.05, 0.1) is 14.2 Å². The summed E-state index contributed by atoms with van der Waals surface area (Å²) in [5.41, 5.74) is 1.12. The fraction of sp³-hybridized carbons (Fsp3) is 0.571. The van der Waals surface area contributed by atoms with Crippen molar-refractivity contribution in [3.8, 4) is 11.5 Å². The van der Waals surface area contributed by atoms with Crippen LogP contribution in [0.4, 0.5) is 0 Å². The lowest BCUT2D eigenvalue weighted by molar-refractivity contribution is -0.159. The molecule has 0 bridgehead atoms. The van der Waals surface area contributed by atoms with Crippen LogP contribution in [0.2, 0.25) is 0 Å². The number of likely N-dealkylation sites (tertiary alicyclic amines) is 1. The second-order valence-corrected chi connectivity index (χ2v) is 7.16. The molecule has 1 amide bonds. The predicted molar refractivity (Wildman–Crippen MR) is 111 cm³/mol. The number of nitrogens with one attached hydrogen (secondary N) is 1. The lowest BCUT2D eigenvalue weighted by Gasteiger charge is -2.32. The smallest absolute Gasteiger partial charge is 0.414 e. The molecule has 0 spiro atoms. The number of carboxylic acids is 2. The lowest BCUT2D eigenvalue weighted by Crippen LogP contribution is -2.42. The number of amides is 1.